The molecular formula is C18H19N3O2. The van der Waals surface area contributed by atoms with Gasteiger partial charge in [-0.3, -0.25) is 14.4 Å². The predicted octanol–water partition coefficient (Wildman–Crippen LogP) is 3.20. The molecule has 0 aliphatic heterocycles. The number of aromatic nitrogens is 1. The molecule has 5 nitrogen and oxygen atoms in total. The van der Waals surface area contributed by atoms with E-state index in [1.807, 2.05) is 44.2 Å². The zero-order chi connectivity index (χ0) is 17.0. The van der Waals surface area contributed by atoms with Gasteiger partial charge in [0, 0.05) is 12.8 Å². The Morgan fingerprint density at radius 1 is 1.39 bits per heavy atom. The smallest absolute Gasteiger partial charge is 0.271 e. The molecule has 0 fully saturated rings. The fraction of sp³-hybridized carbons (Fsp3) is 0.278. The molecule has 0 atom stereocenters. The molecule has 0 unspecified atom stereocenters. The molecule has 0 saturated heterocycles. The molecule has 2 rings (SSSR count). The second-order valence-electron chi connectivity index (χ2n) is 5.40. The van der Waals surface area contributed by atoms with Crippen molar-refractivity contribution < 1.29 is 5.11 Å². The van der Waals surface area contributed by atoms with Crippen LogP contribution in [0.2, 0.25) is 0 Å². The third-order valence-electron chi connectivity index (χ3n) is 3.64. The molecule has 0 bridgehead atoms. The number of aromatic hydroxyl groups is 1. The van der Waals surface area contributed by atoms with Gasteiger partial charge in [0.25, 0.3) is 5.56 Å². The highest BCUT2D eigenvalue weighted by Crippen LogP contribution is 2.21. The number of benzene rings is 1. The number of aliphatic imine (C=N–C) groups is 1. The van der Waals surface area contributed by atoms with E-state index in [9.17, 15) is 15.2 Å². The van der Waals surface area contributed by atoms with Gasteiger partial charge < -0.3 is 5.11 Å². The van der Waals surface area contributed by atoms with E-state index < -0.39 is 5.56 Å². The Bertz CT molecular complexity index is 858. The van der Waals surface area contributed by atoms with Crippen LogP contribution in [0.1, 0.15) is 35.6 Å². The SMILES string of the molecule is CCCn1c(O)c(C=Nc2cccc(C)c2)c(C)c(C#N)c1=O. The van der Waals surface area contributed by atoms with Crippen LogP contribution in [-0.4, -0.2) is 15.9 Å². The van der Waals surface area contributed by atoms with E-state index in [0.29, 0.717) is 24.1 Å². The highest BCUT2D eigenvalue weighted by atomic mass is 16.3. The second-order valence-corrected chi connectivity index (χ2v) is 5.40. The van der Waals surface area contributed by atoms with E-state index in [4.69, 9.17) is 0 Å². The van der Waals surface area contributed by atoms with Crippen LogP contribution in [0.25, 0.3) is 0 Å². The molecule has 0 spiro atoms. The first kappa shape index (κ1) is 16.5. The van der Waals surface area contributed by atoms with Crippen molar-refractivity contribution in [3.8, 4) is 11.9 Å². The first-order valence-corrected chi connectivity index (χ1v) is 7.46. The molecule has 0 amide bonds. The van der Waals surface area contributed by atoms with Gasteiger partial charge in [-0.05, 0) is 43.5 Å². The van der Waals surface area contributed by atoms with E-state index in [1.165, 1.54) is 10.8 Å². The summed E-state index contributed by atoms with van der Waals surface area (Å²) in [6, 6.07) is 9.56. The van der Waals surface area contributed by atoms with Crippen LogP contribution in [0.15, 0.2) is 34.1 Å². The fourth-order valence-electron chi connectivity index (χ4n) is 2.40. The van der Waals surface area contributed by atoms with Crippen LogP contribution < -0.4 is 5.56 Å². The van der Waals surface area contributed by atoms with Gasteiger partial charge in [-0.15, -0.1) is 0 Å². The summed E-state index contributed by atoms with van der Waals surface area (Å²) < 4.78 is 1.23. The average molecular weight is 309 g/mol. The predicted molar refractivity (Wildman–Crippen MR) is 90.5 cm³/mol. The molecule has 1 heterocycles. The summed E-state index contributed by atoms with van der Waals surface area (Å²) in [6.45, 7) is 5.87. The standard InChI is InChI=1S/C18H19N3O2/c1-4-8-21-17(22)15(10-19)13(3)16(18(21)23)11-20-14-7-5-6-12(2)9-14/h5-7,9,11,23H,4,8H2,1-3H3. The van der Waals surface area contributed by atoms with Gasteiger partial charge >= 0.3 is 0 Å². The second kappa shape index (κ2) is 6.93. The maximum absolute atomic E-state index is 12.2. The quantitative estimate of drug-likeness (QED) is 0.881. The topological polar surface area (TPSA) is 78.4 Å². The van der Waals surface area contributed by atoms with Crippen molar-refractivity contribution in [2.45, 2.75) is 33.7 Å². The fourth-order valence-corrected chi connectivity index (χ4v) is 2.40. The lowest BCUT2D eigenvalue weighted by molar-refractivity contribution is 0.403. The Labute approximate surface area is 135 Å². The summed E-state index contributed by atoms with van der Waals surface area (Å²) in [5.74, 6) is -0.148. The van der Waals surface area contributed by atoms with Crippen molar-refractivity contribution in [2.24, 2.45) is 4.99 Å². The Balaban J connectivity index is 2.60. The first-order chi connectivity index (χ1) is 11.0. The number of pyridine rings is 1. The molecule has 1 N–H and O–H groups in total. The third kappa shape index (κ3) is 3.32. The molecular weight excluding hydrogens is 290 g/mol. The summed E-state index contributed by atoms with van der Waals surface area (Å²) in [5.41, 5.74) is 2.25. The zero-order valence-corrected chi connectivity index (χ0v) is 13.5. The van der Waals surface area contributed by atoms with Crippen LogP contribution in [0.5, 0.6) is 5.88 Å². The number of aryl methyl sites for hydroxylation is 1. The zero-order valence-electron chi connectivity index (χ0n) is 13.5. The molecule has 0 aliphatic carbocycles. The van der Waals surface area contributed by atoms with E-state index in [2.05, 4.69) is 4.99 Å². The summed E-state index contributed by atoms with van der Waals surface area (Å²) in [7, 11) is 0. The van der Waals surface area contributed by atoms with Crippen molar-refractivity contribution in [3.63, 3.8) is 0 Å². The van der Waals surface area contributed by atoms with Gasteiger partial charge in [-0.1, -0.05) is 19.1 Å². The van der Waals surface area contributed by atoms with Crippen molar-refractivity contribution in [2.75, 3.05) is 0 Å². The van der Waals surface area contributed by atoms with Crippen molar-refractivity contribution >= 4 is 11.9 Å². The molecule has 1 aromatic carbocycles. The maximum atomic E-state index is 12.2. The number of nitriles is 1. The molecule has 118 valence electrons. The van der Waals surface area contributed by atoms with Gasteiger partial charge in [-0.2, -0.15) is 5.26 Å². The highest BCUT2D eigenvalue weighted by molar-refractivity contribution is 5.87. The van der Waals surface area contributed by atoms with Crippen LogP contribution in [0, 0.1) is 25.2 Å². The monoisotopic (exact) mass is 309 g/mol. The average Bonchev–Trinajstić information content (AvgIpc) is 2.52. The summed E-state index contributed by atoms with van der Waals surface area (Å²) in [6.07, 6.45) is 2.18. The minimum Gasteiger partial charge on any atom is -0.494 e. The minimum atomic E-state index is -0.461. The van der Waals surface area contributed by atoms with Gasteiger partial charge in [0.2, 0.25) is 5.88 Å². The molecule has 0 saturated carbocycles. The van der Waals surface area contributed by atoms with Crippen molar-refractivity contribution in [1.82, 2.24) is 4.57 Å². The van der Waals surface area contributed by atoms with E-state index in [0.717, 1.165) is 11.3 Å². The molecule has 1 aromatic heterocycles. The Morgan fingerprint density at radius 2 is 2.13 bits per heavy atom. The Morgan fingerprint density at radius 3 is 2.74 bits per heavy atom. The molecule has 0 aliphatic rings. The van der Waals surface area contributed by atoms with Gasteiger partial charge in [0.05, 0.1) is 11.3 Å². The largest absolute Gasteiger partial charge is 0.494 e. The normalized spacial score (nSPS) is 10.9. The van der Waals surface area contributed by atoms with Gasteiger partial charge in [-0.25, -0.2) is 0 Å². The van der Waals surface area contributed by atoms with Crippen molar-refractivity contribution in [3.05, 3.63) is 56.9 Å². The van der Waals surface area contributed by atoms with E-state index >= 15 is 0 Å². The number of hydrogen-bond donors (Lipinski definition) is 1. The van der Waals surface area contributed by atoms with Crippen molar-refractivity contribution in [1.29, 1.82) is 5.26 Å². The number of nitrogens with zero attached hydrogens (tertiary/aromatic N) is 3. The van der Waals surface area contributed by atoms with E-state index in [-0.39, 0.29) is 11.4 Å². The lowest BCUT2D eigenvalue weighted by Crippen LogP contribution is -2.25. The van der Waals surface area contributed by atoms with Crippen LogP contribution >= 0.6 is 0 Å². The Hall–Kier alpha value is -2.87. The van der Waals surface area contributed by atoms with Gasteiger partial charge in [0.15, 0.2) is 0 Å². The molecule has 0 radical (unpaired) electrons. The Kier molecular flexibility index (Phi) is 4.97. The van der Waals surface area contributed by atoms with Gasteiger partial charge in [0.1, 0.15) is 11.6 Å². The lowest BCUT2D eigenvalue weighted by atomic mass is 10.1. The first-order valence-electron chi connectivity index (χ1n) is 7.46. The molecule has 5 heteroatoms. The van der Waals surface area contributed by atoms with Crippen LogP contribution in [-0.2, 0) is 6.54 Å². The van der Waals surface area contributed by atoms with Crippen LogP contribution in [0.3, 0.4) is 0 Å². The van der Waals surface area contributed by atoms with E-state index in [1.54, 1.807) is 6.92 Å². The third-order valence-corrected chi connectivity index (χ3v) is 3.64. The summed E-state index contributed by atoms with van der Waals surface area (Å²) in [5, 5.41) is 19.6. The minimum absolute atomic E-state index is 0.0435. The maximum Gasteiger partial charge on any atom is 0.271 e. The summed E-state index contributed by atoms with van der Waals surface area (Å²) >= 11 is 0. The highest BCUT2D eigenvalue weighted by Gasteiger charge is 2.17. The molecule has 23 heavy (non-hydrogen) atoms. The lowest BCUT2D eigenvalue weighted by Gasteiger charge is -2.13. The van der Waals surface area contributed by atoms with Crippen LogP contribution in [0.4, 0.5) is 5.69 Å². The summed E-state index contributed by atoms with van der Waals surface area (Å²) in [4.78, 5) is 16.6. The molecule has 2 aromatic rings. The number of rotatable bonds is 4. The number of hydrogen-bond acceptors (Lipinski definition) is 4.